The van der Waals surface area contributed by atoms with Gasteiger partial charge in [-0.3, -0.25) is 9.69 Å². The van der Waals surface area contributed by atoms with E-state index in [0.717, 1.165) is 76.6 Å². The molecular weight excluding hydrogens is 358 g/mol. The molecule has 0 spiro atoms. The van der Waals surface area contributed by atoms with E-state index in [0.29, 0.717) is 0 Å². The molecule has 1 amide bonds. The number of thiophene rings is 1. The second kappa shape index (κ2) is 8.35. The van der Waals surface area contributed by atoms with Gasteiger partial charge in [0.05, 0.1) is 5.56 Å². The van der Waals surface area contributed by atoms with Crippen molar-refractivity contribution in [3.8, 4) is 0 Å². The van der Waals surface area contributed by atoms with Crippen LogP contribution in [0.2, 0.25) is 0 Å². The van der Waals surface area contributed by atoms with Gasteiger partial charge in [0, 0.05) is 61.4 Å². The van der Waals surface area contributed by atoms with E-state index in [1.165, 1.54) is 9.75 Å². The Hall–Kier alpha value is -1.99. The second-order valence-corrected chi connectivity index (χ2v) is 8.66. The number of fused-ring (bicyclic) bond motifs is 1. The summed E-state index contributed by atoms with van der Waals surface area (Å²) in [7, 11) is 0. The summed E-state index contributed by atoms with van der Waals surface area (Å²) < 4.78 is 0. The molecule has 0 atom stereocenters. The van der Waals surface area contributed by atoms with Crippen LogP contribution in [0.4, 0.5) is 5.95 Å². The second-order valence-electron chi connectivity index (χ2n) is 7.32. The maximum absolute atomic E-state index is 12.8. The van der Waals surface area contributed by atoms with Gasteiger partial charge in [-0.1, -0.05) is 0 Å². The summed E-state index contributed by atoms with van der Waals surface area (Å²) in [4.78, 5) is 30.8. The average molecular weight is 386 g/mol. The molecule has 144 valence electrons. The van der Waals surface area contributed by atoms with Crippen LogP contribution in [0.15, 0.2) is 24.5 Å². The Bertz CT molecular complexity index is 770. The number of rotatable bonds is 5. The van der Waals surface area contributed by atoms with Gasteiger partial charge >= 0.3 is 0 Å². The first-order valence-corrected chi connectivity index (χ1v) is 10.7. The van der Waals surface area contributed by atoms with Crippen molar-refractivity contribution in [3.63, 3.8) is 0 Å². The van der Waals surface area contributed by atoms with Crippen molar-refractivity contribution in [1.29, 1.82) is 0 Å². The normalized spacial score (nSPS) is 18.5. The fourth-order valence-corrected chi connectivity index (χ4v) is 5.02. The van der Waals surface area contributed by atoms with Gasteiger partial charge in [0.15, 0.2) is 0 Å². The highest BCUT2D eigenvalue weighted by Crippen LogP contribution is 2.27. The maximum Gasteiger partial charge on any atom is 0.254 e. The Labute approximate surface area is 164 Å². The van der Waals surface area contributed by atoms with E-state index in [2.05, 4.69) is 37.7 Å². The average Bonchev–Trinajstić information content (AvgIpc) is 3.01. The standard InChI is InChI=1S/C20H27N5OS/c1-16-15-17-18(27-16)5-2-9-24(19(17)26)10-4-8-23-11-13-25(14-12-23)20-21-6-3-7-22-20/h3,6-7,15H,2,4-5,8-14H2,1H3. The monoisotopic (exact) mass is 385 g/mol. The van der Waals surface area contributed by atoms with Gasteiger partial charge in [-0.2, -0.15) is 0 Å². The summed E-state index contributed by atoms with van der Waals surface area (Å²) >= 11 is 1.78. The molecule has 2 aromatic heterocycles. The predicted octanol–water partition coefficient (Wildman–Crippen LogP) is 2.45. The van der Waals surface area contributed by atoms with Crippen LogP contribution in [0.1, 0.15) is 33.0 Å². The Morgan fingerprint density at radius 3 is 2.63 bits per heavy atom. The Morgan fingerprint density at radius 2 is 1.85 bits per heavy atom. The molecule has 0 aromatic carbocycles. The maximum atomic E-state index is 12.8. The topological polar surface area (TPSA) is 52.6 Å². The lowest BCUT2D eigenvalue weighted by Crippen LogP contribution is -2.47. The molecule has 1 saturated heterocycles. The molecule has 2 aliphatic heterocycles. The number of amides is 1. The lowest BCUT2D eigenvalue weighted by Gasteiger charge is -2.35. The minimum absolute atomic E-state index is 0.234. The third-order valence-corrected chi connectivity index (χ3v) is 6.50. The van der Waals surface area contributed by atoms with Crippen LogP contribution >= 0.6 is 11.3 Å². The van der Waals surface area contributed by atoms with Crippen molar-refractivity contribution in [3.05, 3.63) is 39.8 Å². The summed E-state index contributed by atoms with van der Waals surface area (Å²) in [5, 5.41) is 0. The van der Waals surface area contributed by atoms with Crippen LogP contribution < -0.4 is 4.90 Å². The Kier molecular flexibility index (Phi) is 5.69. The summed E-state index contributed by atoms with van der Waals surface area (Å²) in [6, 6.07) is 3.93. The zero-order valence-corrected chi connectivity index (χ0v) is 16.7. The fourth-order valence-electron chi connectivity index (χ4n) is 3.96. The van der Waals surface area contributed by atoms with Crippen LogP contribution in [0, 0.1) is 6.92 Å². The third-order valence-electron chi connectivity index (χ3n) is 5.39. The van der Waals surface area contributed by atoms with E-state index in [4.69, 9.17) is 0 Å². The Balaban J connectivity index is 1.24. The molecule has 0 aliphatic carbocycles. The number of carbonyl (C=O) groups is 1. The van der Waals surface area contributed by atoms with Crippen molar-refractivity contribution < 1.29 is 4.79 Å². The van der Waals surface area contributed by atoms with Crippen LogP contribution in [0.3, 0.4) is 0 Å². The zero-order valence-electron chi connectivity index (χ0n) is 15.9. The van der Waals surface area contributed by atoms with E-state index < -0.39 is 0 Å². The summed E-state index contributed by atoms with van der Waals surface area (Å²) in [5.74, 6) is 1.06. The number of nitrogens with zero attached hydrogens (tertiary/aromatic N) is 5. The zero-order chi connectivity index (χ0) is 18.6. The number of hydrogen-bond acceptors (Lipinski definition) is 6. The molecule has 2 aromatic rings. The first-order chi connectivity index (χ1) is 13.2. The smallest absolute Gasteiger partial charge is 0.254 e. The number of anilines is 1. The van der Waals surface area contributed by atoms with E-state index >= 15 is 0 Å². The molecule has 0 radical (unpaired) electrons. The minimum atomic E-state index is 0.234. The first kappa shape index (κ1) is 18.4. The van der Waals surface area contributed by atoms with Crippen molar-refractivity contribution >= 4 is 23.2 Å². The largest absolute Gasteiger partial charge is 0.339 e. The summed E-state index contributed by atoms with van der Waals surface area (Å²) in [6.07, 6.45) is 6.75. The Morgan fingerprint density at radius 1 is 1.07 bits per heavy atom. The first-order valence-electron chi connectivity index (χ1n) is 9.83. The molecule has 7 heteroatoms. The number of hydrogen-bond donors (Lipinski definition) is 0. The number of aromatic nitrogens is 2. The molecule has 6 nitrogen and oxygen atoms in total. The molecule has 2 aliphatic rings. The number of piperazine rings is 1. The van der Waals surface area contributed by atoms with E-state index in [9.17, 15) is 4.79 Å². The third kappa shape index (κ3) is 4.30. The molecule has 1 fully saturated rings. The van der Waals surface area contributed by atoms with Crippen molar-refractivity contribution in [1.82, 2.24) is 19.8 Å². The van der Waals surface area contributed by atoms with Crippen molar-refractivity contribution in [2.75, 3.05) is 50.7 Å². The quantitative estimate of drug-likeness (QED) is 0.791. The fraction of sp³-hybridized carbons (Fsp3) is 0.550. The van der Waals surface area contributed by atoms with Gasteiger partial charge in [-0.05, 0) is 44.9 Å². The molecule has 0 bridgehead atoms. The lowest BCUT2D eigenvalue weighted by molar-refractivity contribution is 0.0753. The molecular formula is C20H27N5OS. The number of carbonyl (C=O) groups excluding carboxylic acids is 1. The summed E-state index contributed by atoms with van der Waals surface area (Å²) in [6.45, 7) is 8.86. The van der Waals surface area contributed by atoms with Gasteiger partial charge in [-0.15, -0.1) is 11.3 Å². The molecule has 27 heavy (non-hydrogen) atoms. The molecule has 0 saturated carbocycles. The SMILES string of the molecule is Cc1cc2c(s1)CCCN(CCCN1CCN(c3ncccn3)CC1)C2=O. The molecule has 4 rings (SSSR count). The van der Waals surface area contributed by atoms with Gasteiger partial charge < -0.3 is 9.80 Å². The van der Waals surface area contributed by atoms with Crippen LogP contribution in [0.25, 0.3) is 0 Å². The predicted molar refractivity (Wildman–Crippen MR) is 109 cm³/mol. The number of aryl methyl sites for hydroxylation is 2. The van der Waals surface area contributed by atoms with Crippen LogP contribution in [-0.4, -0.2) is 71.5 Å². The van der Waals surface area contributed by atoms with E-state index in [1.54, 1.807) is 23.7 Å². The molecule has 4 heterocycles. The van der Waals surface area contributed by atoms with Gasteiger partial charge in [-0.25, -0.2) is 9.97 Å². The van der Waals surface area contributed by atoms with Gasteiger partial charge in [0.2, 0.25) is 5.95 Å². The highest BCUT2D eigenvalue weighted by molar-refractivity contribution is 7.12. The van der Waals surface area contributed by atoms with Crippen LogP contribution in [-0.2, 0) is 6.42 Å². The van der Waals surface area contributed by atoms with Crippen molar-refractivity contribution in [2.24, 2.45) is 0 Å². The van der Waals surface area contributed by atoms with Crippen molar-refractivity contribution in [2.45, 2.75) is 26.2 Å². The van der Waals surface area contributed by atoms with E-state index in [-0.39, 0.29) is 5.91 Å². The highest BCUT2D eigenvalue weighted by Gasteiger charge is 2.24. The molecule has 0 unspecified atom stereocenters. The molecule has 0 N–H and O–H groups in total. The minimum Gasteiger partial charge on any atom is -0.339 e. The summed E-state index contributed by atoms with van der Waals surface area (Å²) in [5.41, 5.74) is 0.950. The van der Waals surface area contributed by atoms with Gasteiger partial charge in [0.25, 0.3) is 5.91 Å². The van der Waals surface area contributed by atoms with E-state index in [1.807, 2.05) is 6.07 Å². The highest BCUT2D eigenvalue weighted by atomic mass is 32.1. The van der Waals surface area contributed by atoms with Crippen LogP contribution in [0.5, 0.6) is 0 Å². The lowest BCUT2D eigenvalue weighted by atomic mass is 10.2. The van der Waals surface area contributed by atoms with Gasteiger partial charge in [0.1, 0.15) is 0 Å².